The Morgan fingerprint density at radius 1 is 1.00 bits per heavy atom. The second-order valence-electron chi connectivity index (χ2n) is 4.42. The number of hydrogen-bond acceptors (Lipinski definition) is 4. The van der Waals surface area contributed by atoms with Crippen LogP contribution in [0.3, 0.4) is 0 Å². The highest BCUT2D eigenvalue weighted by molar-refractivity contribution is 6.31. The zero-order chi connectivity index (χ0) is 15.8. The van der Waals surface area contributed by atoms with Gasteiger partial charge in [-0.15, -0.1) is 0 Å². The van der Waals surface area contributed by atoms with E-state index in [0.717, 1.165) is 5.56 Å². The van der Waals surface area contributed by atoms with E-state index in [4.69, 9.17) is 25.8 Å². The Morgan fingerprint density at radius 2 is 1.64 bits per heavy atom. The van der Waals surface area contributed by atoms with Crippen LogP contribution in [0.5, 0.6) is 11.5 Å². The lowest BCUT2D eigenvalue weighted by atomic mass is 10.2. The molecule has 0 aliphatic rings. The van der Waals surface area contributed by atoms with E-state index in [1.165, 1.54) is 0 Å². The molecule has 0 saturated heterocycles. The summed E-state index contributed by atoms with van der Waals surface area (Å²) in [6, 6.07) is 14.4. The number of hydrogen-bond donors (Lipinski definition) is 0. The fraction of sp³-hybridized carbons (Fsp3) is 0.235. The van der Waals surface area contributed by atoms with Crippen LogP contribution in [-0.4, -0.2) is 19.2 Å². The Labute approximate surface area is 134 Å². The fourth-order valence-corrected chi connectivity index (χ4v) is 1.99. The van der Waals surface area contributed by atoms with Crippen molar-refractivity contribution < 1.29 is 19.0 Å². The second-order valence-corrected chi connectivity index (χ2v) is 4.83. The summed E-state index contributed by atoms with van der Waals surface area (Å²) in [7, 11) is 0. The van der Waals surface area contributed by atoms with Crippen LogP contribution >= 0.6 is 11.6 Å². The molecule has 0 aliphatic heterocycles. The highest BCUT2D eigenvalue weighted by atomic mass is 35.5. The summed E-state index contributed by atoms with van der Waals surface area (Å²) in [5.74, 6) is 0.647. The smallest absolute Gasteiger partial charge is 0.344 e. The molecule has 0 fully saturated rings. The molecule has 0 atom stereocenters. The Kier molecular flexibility index (Phi) is 6.10. The van der Waals surface area contributed by atoms with E-state index in [9.17, 15) is 4.79 Å². The minimum atomic E-state index is -0.466. The topological polar surface area (TPSA) is 44.8 Å². The van der Waals surface area contributed by atoms with Crippen LogP contribution in [-0.2, 0) is 16.1 Å². The Bertz CT molecular complexity index is 628. The standard InChI is InChI=1S/C17H17ClO4/c1-2-20-15-9-5-6-10-16(15)21-12-17(19)22-11-13-7-3-4-8-14(13)18/h3-10H,2,11-12H2,1H3. The van der Waals surface area contributed by atoms with Gasteiger partial charge in [-0.25, -0.2) is 4.79 Å². The van der Waals surface area contributed by atoms with Crippen molar-refractivity contribution in [1.29, 1.82) is 0 Å². The largest absolute Gasteiger partial charge is 0.490 e. The van der Waals surface area contributed by atoms with Gasteiger partial charge >= 0.3 is 5.97 Å². The maximum Gasteiger partial charge on any atom is 0.344 e. The van der Waals surface area contributed by atoms with Crippen LogP contribution in [0.2, 0.25) is 5.02 Å². The maximum atomic E-state index is 11.7. The number of halogens is 1. The molecule has 2 rings (SSSR count). The van der Waals surface area contributed by atoms with E-state index < -0.39 is 5.97 Å². The first kappa shape index (κ1) is 16.2. The van der Waals surface area contributed by atoms with E-state index in [2.05, 4.69) is 0 Å². The minimum Gasteiger partial charge on any atom is -0.490 e. The Morgan fingerprint density at radius 3 is 2.32 bits per heavy atom. The van der Waals surface area contributed by atoms with Crippen molar-refractivity contribution in [2.75, 3.05) is 13.2 Å². The first-order valence-corrected chi connectivity index (χ1v) is 7.32. The molecule has 22 heavy (non-hydrogen) atoms. The van der Waals surface area contributed by atoms with Gasteiger partial charge in [0.15, 0.2) is 18.1 Å². The number of esters is 1. The van der Waals surface area contributed by atoms with Gasteiger partial charge in [0.2, 0.25) is 0 Å². The molecule has 0 unspecified atom stereocenters. The van der Waals surface area contributed by atoms with Gasteiger partial charge in [-0.3, -0.25) is 0 Å². The molecule has 116 valence electrons. The molecule has 2 aromatic carbocycles. The van der Waals surface area contributed by atoms with Gasteiger partial charge in [0.1, 0.15) is 6.61 Å². The Hall–Kier alpha value is -2.20. The average molecular weight is 321 g/mol. The predicted molar refractivity (Wildman–Crippen MR) is 84.4 cm³/mol. The molecule has 2 aromatic rings. The maximum absolute atomic E-state index is 11.7. The van der Waals surface area contributed by atoms with Gasteiger partial charge in [0, 0.05) is 10.6 Å². The predicted octanol–water partition coefficient (Wildman–Crippen LogP) is 3.86. The summed E-state index contributed by atoms with van der Waals surface area (Å²) in [4.78, 5) is 11.7. The quantitative estimate of drug-likeness (QED) is 0.727. The molecule has 0 heterocycles. The summed E-state index contributed by atoms with van der Waals surface area (Å²) in [6.45, 7) is 2.34. The third-order valence-electron chi connectivity index (χ3n) is 2.84. The van der Waals surface area contributed by atoms with Crippen molar-refractivity contribution in [3.63, 3.8) is 0 Å². The van der Waals surface area contributed by atoms with Crippen LogP contribution in [0.1, 0.15) is 12.5 Å². The molecule has 0 aliphatic carbocycles. The van der Waals surface area contributed by atoms with Gasteiger partial charge in [0.25, 0.3) is 0 Å². The number of ether oxygens (including phenoxy) is 3. The molecule has 0 spiro atoms. The van der Waals surface area contributed by atoms with Crippen LogP contribution < -0.4 is 9.47 Å². The molecular formula is C17H17ClO4. The summed E-state index contributed by atoms with van der Waals surface area (Å²) >= 11 is 6.00. The third kappa shape index (κ3) is 4.67. The van der Waals surface area contributed by atoms with Crippen molar-refractivity contribution in [2.24, 2.45) is 0 Å². The number of benzene rings is 2. The zero-order valence-electron chi connectivity index (χ0n) is 12.3. The zero-order valence-corrected chi connectivity index (χ0v) is 13.0. The van der Waals surface area contributed by atoms with Gasteiger partial charge < -0.3 is 14.2 Å². The fourth-order valence-electron chi connectivity index (χ4n) is 1.80. The molecule has 0 radical (unpaired) electrons. The SMILES string of the molecule is CCOc1ccccc1OCC(=O)OCc1ccccc1Cl. The van der Waals surface area contributed by atoms with Crippen LogP contribution in [0.25, 0.3) is 0 Å². The second kappa shape index (κ2) is 8.29. The number of rotatable bonds is 7. The summed E-state index contributed by atoms with van der Waals surface area (Å²) in [5.41, 5.74) is 0.757. The van der Waals surface area contributed by atoms with Gasteiger partial charge in [-0.2, -0.15) is 0 Å². The van der Waals surface area contributed by atoms with E-state index >= 15 is 0 Å². The number of carbonyl (C=O) groups is 1. The minimum absolute atomic E-state index is 0.120. The highest BCUT2D eigenvalue weighted by Crippen LogP contribution is 2.26. The van der Waals surface area contributed by atoms with Crippen molar-refractivity contribution in [2.45, 2.75) is 13.5 Å². The van der Waals surface area contributed by atoms with Crippen LogP contribution in [0.15, 0.2) is 48.5 Å². The molecule has 4 nitrogen and oxygen atoms in total. The molecule has 0 aromatic heterocycles. The molecule has 0 amide bonds. The first-order chi connectivity index (χ1) is 10.7. The molecule has 5 heteroatoms. The van der Waals surface area contributed by atoms with E-state index in [1.54, 1.807) is 24.3 Å². The number of carbonyl (C=O) groups excluding carboxylic acids is 1. The van der Waals surface area contributed by atoms with Crippen LogP contribution in [0, 0.1) is 0 Å². The molecular weight excluding hydrogens is 304 g/mol. The third-order valence-corrected chi connectivity index (χ3v) is 3.21. The number of para-hydroxylation sites is 2. The lowest BCUT2D eigenvalue weighted by Gasteiger charge is -2.11. The highest BCUT2D eigenvalue weighted by Gasteiger charge is 2.09. The average Bonchev–Trinajstić information content (AvgIpc) is 2.53. The van der Waals surface area contributed by atoms with Crippen LogP contribution in [0.4, 0.5) is 0 Å². The Balaban J connectivity index is 1.84. The van der Waals surface area contributed by atoms with Crippen molar-refractivity contribution in [3.05, 3.63) is 59.1 Å². The lowest BCUT2D eigenvalue weighted by molar-refractivity contribution is -0.147. The van der Waals surface area contributed by atoms with Crippen molar-refractivity contribution in [3.8, 4) is 11.5 Å². The summed E-state index contributed by atoms with van der Waals surface area (Å²) < 4.78 is 16.0. The molecule has 0 N–H and O–H groups in total. The normalized spacial score (nSPS) is 10.1. The molecule has 0 saturated carbocycles. The van der Waals surface area contributed by atoms with Gasteiger partial charge in [0.05, 0.1) is 6.61 Å². The van der Waals surface area contributed by atoms with Gasteiger partial charge in [-0.1, -0.05) is 41.9 Å². The summed E-state index contributed by atoms with van der Waals surface area (Å²) in [5, 5.41) is 0.568. The summed E-state index contributed by atoms with van der Waals surface area (Å²) in [6.07, 6.45) is 0. The van der Waals surface area contributed by atoms with Crippen molar-refractivity contribution >= 4 is 17.6 Å². The van der Waals surface area contributed by atoms with E-state index in [0.29, 0.717) is 23.1 Å². The lowest BCUT2D eigenvalue weighted by Crippen LogP contribution is -2.15. The van der Waals surface area contributed by atoms with E-state index in [1.807, 2.05) is 31.2 Å². The van der Waals surface area contributed by atoms with Gasteiger partial charge in [-0.05, 0) is 25.1 Å². The molecule has 0 bridgehead atoms. The van der Waals surface area contributed by atoms with E-state index in [-0.39, 0.29) is 13.2 Å². The van der Waals surface area contributed by atoms with Crippen molar-refractivity contribution in [1.82, 2.24) is 0 Å². The monoisotopic (exact) mass is 320 g/mol. The first-order valence-electron chi connectivity index (χ1n) is 6.94.